The summed E-state index contributed by atoms with van der Waals surface area (Å²) in [5.74, 6) is 1.89. The van der Waals surface area contributed by atoms with Crippen LogP contribution in [0.5, 0.6) is 5.75 Å². The summed E-state index contributed by atoms with van der Waals surface area (Å²) < 4.78 is 18.8. The predicted molar refractivity (Wildman–Crippen MR) is 110 cm³/mol. The largest absolute Gasteiger partial charge is 0.492 e. The fourth-order valence-corrected chi connectivity index (χ4v) is 3.95. The summed E-state index contributed by atoms with van der Waals surface area (Å²) >= 11 is 5.99. The van der Waals surface area contributed by atoms with E-state index >= 15 is 0 Å². The van der Waals surface area contributed by atoms with Crippen LogP contribution in [-0.2, 0) is 4.79 Å². The molecule has 1 aliphatic heterocycles. The van der Waals surface area contributed by atoms with E-state index in [4.69, 9.17) is 16.3 Å². The quantitative estimate of drug-likeness (QED) is 0.774. The van der Waals surface area contributed by atoms with Crippen molar-refractivity contribution >= 4 is 35.0 Å². The van der Waals surface area contributed by atoms with Gasteiger partial charge in [-0.3, -0.25) is 4.79 Å². The van der Waals surface area contributed by atoms with E-state index in [0.717, 1.165) is 24.3 Å². The lowest BCUT2D eigenvalue weighted by atomic mass is 9.81. The lowest BCUT2D eigenvalue weighted by molar-refractivity contribution is -0.117. The second-order valence-electron chi connectivity index (χ2n) is 7.46. The highest BCUT2D eigenvalue weighted by Gasteiger charge is 2.32. The molecule has 9 heteroatoms. The van der Waals surface area contributed by atoms with E-state index in [9.17, 15) is 9.18 Å². The highest BCUT2D eigenvalue weighted by Crippen LogP contribution is 2.34. The van der Waals surface area contributed by atoms with Crippen LogP contribution in [-0.4, -0.2) is 48.7 Å². The SMILES string of the molecule is CCN1C(=O)CN(C)c2nc(N[C@H]3C[C@@H](COc4ccc(F)cc4Cl)C3)ncc21. The summed E-state index contributed by atoms with van der Waals surface area (Å²) in [4.78, 5) is 24.7. The number of carbonyl (C=O) groups is 1. The molecule has 0 unspecified atom stereocenters. The van der Waals surface area contributed by atoms with Gasteiger partial charge in [0.2, 0.25) is 11.9 Å². The van der Waals surface area contributed by atoms with E-state index < -0.39 is 0 Å². The Morgan fingerprint density at radius 2 is 2.17 bits per heavy atom. The molecule has 1 aromatic carbocycles. The first kappa shape index (κ1) is 19.7. The Bertz CT molecular complexity index is 922. The number of rotatable bonds is 6. The minimum absolute atomic E-state index is 0.0508. The first-order valence-electron chi connectivity index (χ1n) is 9.67. The standard InChI is InChI=1S/C20H23ClFN5O2/c1-3-27-16-9-23-20(25-19(16)26(2)10-18(27)28)24-14-6-12(7-14)11-29-17-5-4-13(22)8-15(17)21/h4-5,8-9,12,14H,3,6-7,10-11H2,1-2H3,(H,23,24,25)/t12-,14+. The molecule has 1 aliphatic carbocycles. The number of halogens is 2. The Morgan fingerprint density at radius 1 is 1.38 bits per heavy atom. The number of likely N-dealkylation sites (N-methyl/N-ethyl adjacent to an activating group) is 2. The molecule has 154 valence electrons. The number of nitrogens with one attached hydrogen (secondary N) is 1. The van der Waals surface area contributed by atoms with Gasteiger partial charge in [-0.2, -0.15) is 4.98 Å². The lowest BCUT2D eigenvalue weighted by Crippen LogP contribution is -2.45. The van der Waals surface area contributed by atoms with Gasteiger partial charge in [0.05, 0.1) is 24.4 Å². The monoisotopic (exact) mass is 419 g/mol. The molecule has 4 rings (SSSR count). The van der Waals surface area contributed by atoms with Gasteiger partial charge in [0.1, 0.15) is 17.3 Å². The van der Waals surface area contributed by atoms with Crippen molar-refractivity contribution in [2.45, 2.75) is 25.8 Å². The molecule has 0 bridgehead atoms. The van der Waals surface area contributed by atoms with Crippen molar-refractivity contribution < 1.29 is 13.9 Å². The smallest absolute Gasteiger partial charge is 0.246 e. The fourth-order valence-electron chi connectivity index (χ4n) is 3.72. The van der Waals surface area contributed by atoms with Gasteiger partial charge in [-0.05, 0) is 43.9 Å². The van der Waals surface area contributed by atoms with Gasteiger partial charge >= 0.3 is 0 Å². The predicted octanol–water partition coefficient (Wildman–Crippen LogP) is 3.34. The van der Waals surface area contributed by atoms with Crippen LogP contribution in [0.25, 0.3) is 0 Å². The van der Waals surface area contributed by atoms with Crippen molar-refractivity contribution in [1.29, 1.82) is 0 Å². The van der Waals surface area contributed by atoms with Crippen molar-refractivity contribution in [2.24, 2.45) is 5.92 Å². The first-order valence-corrected chi connectivity index (χ1v) is 10.0. The number of aromatic nitrogens is 2. The van der Waals surface area contributed by atoms with Crippen LogP contribution in [0, 0.1) is 11.7 Å². The third-order valence-electron chi connectivity index (χ3n) is 5.33. The van der Waals surface area contributed by atoms with Crippen LogP contribution in [0.1, 0.15) is 19.8 Å². The van der Waals surface area contributed by atoms with Gasteiger partial charge in [-0.25, -0.2) is 9.37 Å². The summed E-state index contributed by atoms with van der Waals surface area (Å²) in [5, 5.41) is 3.64. The van der Waals surface area contributed by atoms with Crippen molar-refractivity contribution in [1.82, 2.24) is 9.97 Å². The molecule has 2 aliphatic rings. The summed E-state index contributed by atoms with van der Waals surface area (Å²) in [5.41, 5.74) is 0.743. The van der Waals surface area contributed by atoms with Crippen LogP contribution >= 0.6 is 11.6 Å². The summed E-state index contributed by atoms with van der Waals surface area (Å²) in [7, 11) is 1.86. The molecule has 0 spiro atoms. The second-order valence-corrected chi connectivity index (χ2v) is 7.87. The minimum atomic E-state index is -0.377. The van der Waals surface area contributed by atoms with Gasteiger partial charge in [-0.1, -0.05) is 11.6 Å². The molecule has 2 heterocycles. The van der Waals surface area contributed by atoms with Crippen molar-refractivity contribution in [3.8, 4) is 5.75 Å². The van der Waals surface area contributed by atoms with Crippen molar-refractivity contribution in [3.63, 3.8) is 0 Å². The van der Waals surface area contributed by atoms with E-state index in [1.165, 1.54) is 12.1 Å². The third-order valence-corrected chi connectivity index (χ3v) is 5.62. The van der Waals surface area contributed by atoms with Crippen LogP contribution in [0.15, 0.2) is 24.4 Å². The number of nitrogens with zero attached hydrogens (tertiary/aromatic N) is 4. The average Bonchev–Trinajstić information content (AvgIpc) is 2.65. The number of hydrogen-bond acceptors (Lipinski definition) is 6. The van der Waals surface area contributed by atoms with E-state index in [-0.39, 0.29) is 22.8 Å². The molecule has 1 saturated carbocycles. The maximum atomic E-state index is 13.1. The summed E-state index contributed by atoms with van der Waals surface area (Å²) in [6, 6.07) is 4.40. The Labute approximate surface area is 173 Å². The number of fused-ring (bicyclic) bond motifs is 1. The van der Waals surface area contributed by atoms with Crippen LogP contribution in [0.3, 0.4) is 0 Å². The fraction of sp³-hybridized carbons (Fsp3) is 0.450. The topological polar surface area (TPSA) is 70.6 Å². The highest BCUT2D eigenvalue weighted by molar-refractivity contribution is 6.32. The van der Waals surface area contributed by atoms with Gasteiger partial charge in [0.15, 0.2) is 5.82 Å². The Kier molecular flexibility index (Phi) is 5.45. The number of anilines is 3. The number of amides is 1. The molecular weight excluding hydrogens is 397 g/mol. The highest BCUT2D eigenvalue weighted by atomic mass is 35.5. The van der Waals surface area contributed by atoms with Gasteiger partial charge < -0.3 is 19.9 Å². The van der Waals surface area contributed by atoms with E-state index in [0.29, 0.717) is 37.3 Å². The first-order chi connectivity index (χ1) is 13.9. The number of hydrogen-bond donors (Lipinski definition) is 1. The van der Waals surface area contributed by atoms with Crippen molar-refractivity contribution in [2.75, 3.05) is 41.9 Å². The van der Waals surface area contributed by atoms with E-state index in [1.54, 1.807) is 17.2 Å². The third kappa shape index (κ3) is 4.07. The van der Waals surface area contributed by atoms with Gasteiger partial charge in [-0.15, -0.1) is 0 Å². The molecular formula is C20H23ClFN5O2. The van der Waals surface area contributed by atoms with Crippen molar-refractivity contribution in [3.05, 3.63) is 35.2 Å². The molecule has 1 aromatic heterocycles. The van der Waals surface area contributed by atoms with Gasteiger partial charge in [0.25, 0.3) is 0 Å². The Hall–Kier alpha value is -2.61. The maximum Gasteiger partial charge on any atom is 0.246 e. The Balaban J connectivity index is 1.31. The summed E-state index contributed by atoms with van der Waals surface area (Å²) in [6.45, 7) is 3.38. The number of carbonyl (C=O) groups excluding carboxylic acids is 1. The average molecular weight is 420 g/mol. The molecule has 0 radical (unpaired) electrons. The minimum Gasteiger partial charge on any atom is -0.492 e. The molecule has 1 N–H and O–H groups in total. The lowest BCUT2D eigenvalue weighted by Gasteiger charge is -2.36. The van der Waals surface area contributed by atoms with Gasteiger partial charge in [0, 0.05) is 19.6 Å². The van der Waals surface area contributed by atoms with Crippen LogP contribution in [0.4, 0.5) is 21.8 Å². The molecule has 0 atom stereocenters. The second kappa shape index (κ2) is 8.02. The van der Waals surface area contributed by atoms with E-state index in [2.05, 4.69) is 15.3 Å². The molecule has 1 amide bonds. The maximum absolute atomic E-state index is 13.1. The zero-order valence-corrected chi connectivity index (χ0v) is 17.1. The zero-order chi connectivity index (χ0) is 20.5. The van der Waals surface area contributed by atoms with Crippen LogP contribution < -0.4 is 19.9 Å². The summed E-state index contributed by atoms with van der Waals surface area (Å²) in [6.07, 6.45) is 3.56. The Morgan fingerprint density at radius 3 is 2.90 bits per heavy atom. The molecule has 1 fully saturated rings. The molecule has 29 heavy (non-hydrogen) atoms. The molecule has 0 saturated heterocycles. The number of ether oxygens (including phenoxy) is 1. The molecule has 7 nitrogen and oxygen atoms in total. The van der Waals surface area contributed by atoms with E-state index in [1.807, 2.05) is 18.9 Å². The molecule has 2 aromatic rings. The number of benzene rings is 1. The van der Waals surface area contributed by atoms with Crippen LogP contribution in [0.2, 0.25) is 5.02 Å². The zero-order valence-electron chi connectivity index (χ0n) is 16.4. The normalized spacial score (nSPS) is 20.9.